The first kappa shape index (κ1) is 23.4. The molecule has 35 heavy (non-hydrogen) atoms. The number of carbonyl (C=O) groups is 1. The molecule has 0 bridgehead atoms. The van der Waals surface area contributed by atoms with E-state index in [9.17, 15) is 4.79 Å². The molecule has 3 N–H and O–H groups in total. The molecular formula is C28H35N5O2. The molecule has 184 valence electrons. The van der Waals surface area contributed by atoms with Crippen LogP contribution in [0.2, 0.25) is 0 Å². The van der Waals surface area contributed by atoms with Crippen molar-refractivity contribution in [2.45, 2.75) is 51.6 Å². The van der Waals surface area contributed by atoms with Crippen molar-refractivity contribution in [2.24, 2.45) is 11.7 Å². The molecule has 0 unspecified atom stereocenters. The molecule has 1 saturated heterocycles. The Labute approximate surface area is 207 Å². The highest BCUT2D eigenvalue weighted by Crippen LogP contribution is 2.40. The van der Waals surface area contributed by atoms with Gasteiger partial charge in [0.1, 0.15) is 28.6 Å². The first-order chi connectivity index (χ1) is 16.8. The largest absolute Gasteiger partial charge is 0.457 e. The van der Waals surface area contributed by atoms with Crippen molar-refractivity contribution in [1.29, 1.82) is 0 Å². The smallest absolute Gasteiger partial charge is 0.254 e. The first-order valence-corrected chi connectivity index (χ1v) is 12.6. The predicted octanol–water partition coefficient (Wildman–Crippen LogP) is 5.31. The maximum Gasteiger partial charge on any atom is 0.254 e. The lowest BCUT2D eigenvalue weighted by atomic mass is 9.85. The highest BCUT2D eigenvalue weighted by atomic mass is 16.5. The highest BCUT2D eigenvalue weighted by molar-refractivity contribution is 6.03. The number of benzene rings is 2. The van der Waals surface area contributed by atoms with Crippen molar-refractivity contribution >= 4 is 11.7 Å². The lowest BCUT2D eigenvalue weighted by Crippen LogP contribution is -2.47. The molecular weight excluding hydrogens is 438 g/mol. The predicted molar refractivity (Wildman–Crippen MR) is 139 cm³/mol. The van der Waals surface area contributed by atoms with E-state index in [0.29, 0.717) is 17.2 Å². The van der Waals surface area contributed by atoms with E-state index in [1.54, 1.807) is 0 Å². The summed E-state index contributed by atoms with van der Waals surface area (Å²) in [6, 6.07) is 17.6. The number of para-hydroxylation sites is 1. The second-order valence-corrected chi connectivity index (χ2v) is 10.6. The Balaban J connectivity index is 1.41. The number of carbonyl (C=O) groups excluding carboxylic acids is 1. The monoisotopic (exact) mass is 473 g/mol. The van der Waals surface area contributed by atoms with Crippen LogP contribution >= 0.6 is 0 Å². The molecule has 7 nitrogen and oxygen atoms in total. The second-order valence-electron chi connectivity index (χ2n) is 10.6. The molecule has 1 fully saturated rings. The van der Waals surface area contributed by atoms with Crippen molar-refractivity contribution in [3.8, 4) is 22.8 Å². The topological polar surface area (TPSA) is 85.4 Å². The van der Waals surface area contributed by atoms with Gasteiger partial charge in [0.15, 0.2) is 0 Å². The van der Waals surface area contributed by atoms with Crippen molar-refractivity contribution in [3.63, 3.8) is 0 Å². The van der Waals surface area contributed by atoms with Crippen LogP contribution in [0.3, 0.4) is 0 Å². The second kappa shape index (κ2) is 9.38. The number of nitrogens with zero attached hydrogens (tertiary/aromatic N) is 3. The maximum absolute atomic E-state index is 12.6. The number of fused-ring (bicyclic) bond motifs is 1. The van der Waals surface area contributed by atoms with Gasteiger partial charge in [0.25, 0.3) is 5.91 Å². The van der Waals surface area contributed by atoms with Gasteiger partial charge in [0.2, 0.25) is 0 Å². The third-order valence-electron chi connectivity index (χ3n) is 7.34. The normalized spacial score (nSPS) is 19.1. The molecule has 0 radical (unpaired) electrons. The fourth-order valence-electron chi connectivity index (χ4n) is 5.44. The summed E-state index contributed by atoms with van der Waals surface area (Å²) in [4.78, 5) is 15.1. The van der Waals surface area contributed by atoms with Crippen LogP contribution in [0, 0.1) is 5.92 Å². The Morgan fingerprint density at radius 3 is 2.29 bits per heavy atom. The van der Waals surface area contributed by atoms with Crippen LogP contribution in [0.1, 0.15) is 56.4 Å². The number of primary amides is 1. The molecule has 1 atom stereocenters. The van der Waals surface area contributed by atoms with Crippen LogP contribution in [-0.4, -0.2) is 45.8 Å². The fraction of sp³-hybridized carbons (Fsp3) is 0.429. The van der Waals surface area contributed by atoms with E-state index < -0.39 is 5.91 Å². The van der Waals surface area contributed by atoms with E-state index in [1.165, 1.54) is 0 Å². The molecule has 0 saturated carbocycles. The SMILES string of the molecule is CC(C)(C)N1CCC([C@@H]2CCNc3c(C(N)=O)c(-c4ccc(Oc5ccccc5)cc4)nn32)CC1. The zero-order valence-corrected chi connectivity index (χ0v) is 20.8. The van der Waals surface area contributed by atoms with Gasteiger partial charge in [-0.2, -0.15) is 5.10 Å². The molecule has 0 spiro atoms. The van der Waals surface area contributed by atoms with E-state index in [2.05, 4.69) is 31.0 Å². The first-order valence-electron chi connectivity index (χ1n) is 12.6. The number of likely N-dealkylation sites (tertiary alicyclic amines) is 1. The lowest BCUT2D eigenvalue weighted by Gasteiger charge is -2.43. The van der Waals surface area contributed by atoms with Gasteiger partial charge in [0.05, 0.1) is 6.04 Å². The lowest BCUT2D eigenvalue weighted by molar-refractivity contribution is 0.0683. The third kappa shape index (κ3) is 4.78. The zero-order valence-electron chi connectivity index (χ0n) is 20.8. The van der Waals surface area contributed by atoms with Gasteiger partial charge in [0, 0.05) is 17.6 Å². The van der Waals surface area contributed by atoms with Gasteiger partial charge in [-0.15, -0.1) is 0 Å². The number of ether oxygens (including phenoxy) is 1. The summed E-state index contributed by atoms with van der Waals surface area (Å²) >= 11 is 0. The number of aromatic nitrogens is 2. The van der Waals surface area contributed by atoms with Crippen molar-refractivity contribution in [3.05, 3.63) is 60.2 Å². The van der Waals surface area contributed by atoms with Gasteiger partial charge < -0.3 is 15.8 Å². The molecule has 3 aromatic rings. The summed E-state index contributed by atoms with van der Waals surface area (Å²) in [5.74, 6) is 2.34. The van der Waals surface area contributed by atoms with Crippen LogP contribution in [0.5, 0.6) is 11.5 Å². The molecule has 1 aromatic heterocycles. The maximum atomic E-state index is 12.6. The van der Waals surface area contributed by atoms with Gasteiger partial charge in [-0.3, -0.25) is 9.69 Å². The molecule has 0 aliphatic carbocycles. The average molecular weight is 474 g/mol. The van der Waals surface area contributed by atoms with Crippen molar-refractivity contribution < 1.29 is 9.53 Å². The van der Waals surface area contributed by atoms with Crippen LogP contribution in [0.4, 0.5) is 5.82 Å². The Hall–Kier alpha value is -3.32. The van der Waals surface area contributed by atoms with Gasteiger partial charge >= 0.3 is 0 Å². The van der Waals surface area contributed by atoms with E-state index in [4.69, 9.17) is 15.6 Å². The highest BCUT2D eigenvalue weighted by Gasteiger charge is 2.36. The molecule has 3 heterocycles. The zero-order chi connectivity index (χ0) is 24.6. The van der Waals surface area contributed by atoms with Gasteiger partial charge in [-0.05, 0) is 95.4 Å². The summed E-state index contributed by atoms with van der Waals surface area (Å²) in [6.45, 7) is 9.85. The molecule has 2 aliphatic rings. The summed E-state index contributed by atoms with van der Waals surface area (Å²) in [5.41, 5.74) is 8.02. The van der Waals surface area contributed by atoms with E-state index in [1.807, 2.05) is 59.3 Å². The van der Waals surface area contributed by atoms with E-state index in [-0.39, 0.29) is 11.6 Å². The molecule has 2 aromatic carbocycles. The number of nitrogens with two attached hydrogens (primary N) is 1. The molecule has 2 aliphatic heterocycles. The average Bonchev–Trinajstić information content (AvgIpc) is 3.25. The number of anilines is 1. The number of piperidine rings is 1. The van der Waals surface area contributed by atoms with Crippen LogP contribution in [-0.2, 0) is 0 Å². The van der Waals surface area contributed by atoms with Crippen molar-refractivity contribution in [2.75, 3.05) is 25.0 Å². The minimum absolute atomic E-state index is 0.193. The van der Waals surface area contributed by atoms with Crippen molar-refractivity contribution in [1.82, 2.24) is 14.7 Å². The summed E-state index contributed by atoms with van der Waals surface area (Å²) in [7, 11) is 0. The number of nitrogens with one attached hydrogen (secondary N) is 1. The molecule has 1 amide bonds. The van der Waals surface area contributed by atoms with Crippen LogP contribution in [0.15, 0.2) is 54.6 Å². The summed E-state index contributed by atoms with van der Waals surface area (Å²) < 4.78 is 7.97. The number of amides is 1. The number of hydrogen-bond acceptors (Lipinski definition) is 5. The third-order valence-corrected chi connectivity index (χ3v) is 7.34. The minimum atomic E-state index is -0.457. The Morgan fingerprint density at radius 1 is 1.00 bits per heavy atom. The Kier molecular flexibility index (Phi) is 6.28. The minimum Gasteiger partial charge on any atom is -0.457 e. The molecule has 7 heteroatoms. The van der Waals surface area contributed by atoms with E-state index in [0.717, 1.165) is 61.8 Å². The number of hydrogen-bond donors (Lipinski definition) is 2. The quantitative estimate of drug-likeness (QED) is 0.525. The van der Waals surface area contributed by atoms with Gasteiger partial charge in [-0.1, -0.05) is 18.2 Å². The van der Waals surface area contributed by atoms with Crippen LogP contribution in [0.25, 0.3) is 11.3 Å². The number of rotatable bonds is 5. The standard InChI is InChI=1S/C28H35N5O2/c1-28(2,3)32-17-14-19(15-18-32)23-13-16-30-27-24(26(29)34)25(31-33(23)27)20-9-11-22(12-10-20)35-21-7-5-4-6-8-21/h4-12,19,23,30H,13-18H2,1-3H3,(H2,29,34)/t23-/m0/s1. The fourth-order valence-corrected chi connectivity index (χ4v) is 5.44. The Bertz CT molecular complexity index is 1170. The summed E-state index contributed by atoms with van der Waals surface area (Å²) in [5, 5.41) is 8.39. The Morgan fingerprint density at radius 2 is 1.66 bits per heavy atom. The van der Waals surface area contributed by atoms with Crippen LogP contribution < -0.4 is 15.8 Å². The van der Waals surface area contributed by atoms with E-state index >= 15 is 0 Å². The van der Waals surface area contributed by atoms with Gasteiger partial charge in [-0.25, -0.2) is 4.68 Å². The molecule has 5 rings (SSSR count). The summed E-state index contributed by atoms with van der Waals surface area (Å²) in [6.07, 6.45) is 3.26.